The van der Waals surface area contributed by atoms with Gasteiger partial charge in [0.25, 0.3) is 0 Å². The zero-order valence-electron chi connectivity index (χ0n) is 11.1. The summed E-state index contributed by atoms with van der Waals surface area (Å²) in [4.78, 5) is 0. The highest BCUT2D eigenvalue weighted by Gasteiger charge is 2.04. The Morgan fingerprint density at radius 3 is 2.30 bits per heavy atom. The number of rotatable bonds is 6. The molecule has 0 aromatic heterocycles. The van der Waals surface area contributed by atoms with Gasteiger partial charge in [-0.05, 0) is 24.3 Å². The van der Waals surface area contributed by atoms with Gasteiger partial charge in [-0.25, -0.2) is 0 Å². The number of methoxy groups -OCH3 is 1. The minimum atomic E-state index is 0.364. The highest BCUT2D eigenvalue weighted by atomic mass is 35.5. The van der Waals surface area contributed by atoms with E-state index in [9.17, 15) is 0 Å². The van der Waals surface area contributed by atoms with Crippen LogP contribution >= 0.6 is 11.6 Å². The first-order valence-corrected chi connectivity index (χ1v) is 6.52. The van der Waals surface area contributed by atoms with Gasteiger partial charge < -0.3 is 19.9 Å². The third-order valence-electron chi connectivity index (χ3n) is 2.64. The summed E-state index contributed by atoms with van der Waals surface area (Å²) >= 11 is 5.88. The number of hydrogen-bond donors (Lipinski definition) is 1. The summed E-state index contributed by atoms with van der Waals surface area (Å²) < 4.78 is 16.3. The standard InChI is InChI=1S/C15H16ClNO3/c1-18-13-4-2-3-5-14(13)19-8-9-20-15-10-11(16)6-7-12(15)17/h2-7,10H,8-9,17H2,1H3. The monoisotopic (exact) mass is 293 g/mol. The lowest BCUT2D eigenvalue weighted by molar-refractivity contribution is 0.212. The Bertz CT molecular complexity index is 575. The van der Waals surface area contributed by atoms with Gasteiger partial charge in [0.15, 0.2) is 11.5 Å². The predicted octanol–water partition coefficient (Wildman–Crippen LogP) is 3.39. The minimum Gasteiger partial charge on any atom is -0.493 e. The van der Waals surface area contributed by atoms with Crippen LogP contribution in [0.25, 0.3) is 0 Å². The van der Waals surface area contributed by atoms with E-state index in [-0.39, 0.29) is 0 Å². The zero-order chi connectivity index (χ0) is 14.4. The minimum absolute atomic E-state index is 0.364. The highest BCUT2D eigenvalue weighted by Crippen LogP contribution is 2.27. The first-order valence-electron chi connectivity index (χ1n) is 6.14. The van der Waals surface area contributed by atoms with Crippen LogP contribution < -0.4 is 19.9 Å². The van der Waals surface area contributed by atoms with Crippen molar-refractivity contribution in [2.75, 3.05) is 26.1 Å². The molecule has 20 heavy (non-hydrogen) atoms. The summed E-state index contributed by atoms with van der Waals surface area (Å²) in [5, 5.41) is 0.583. The summed E-state index contributed by atoms with van der Waals surface area (Å²) in [5.41, 5.74) is 6.33. The van der Waals surface area contributed by atoms with E-state index in [4.69, 9.17) is 31.5 Å². The molecule has 0 aliphatic rings. The predicted molar refractivity (Wildman–Crippen MR) is 79.8 cm³/mol. The van der Waals surface area contributed by atoms with Gasteiger partial charge in [0, 0.05) is 11.1 Å². The summed E-state index contributed by atoms with van der Waals surface area (Å²) in [6.07, 6.45) is 0. The van der Waals surface area contributed by atoms with Crippen LogP contribution in [0.2, 0.25) is 5.02 Å². The van der Waals surface area contributed by atoms with Crippen LogP contribution in [0.3, 0.4) is 0 Å². The van der Waals surface area contributed by atoms with Gasteiger partial charge >= 0.3 is 0 Å². The SMILES string of the molecule is COc1ccccc1OCCOc1cc(Cl)ccc1N. The second-order valence-electron chi connectivity index (χ2n) is 4.03. The molecule has 2 aromatic carbocycles. The molecule has 5 heteroatoms. The number of hydrogen-bond acceptors (Lipinski definition) is 4. The Morgan fingerprint density at radius 1 is 0.950 bits per heavy atom. The van der Waals surface area contributed by atoms with Crippen molar-refractivity contribution in [3.8, 4) is 17.2 Å². The molecule has 2 N–H and O–H groups in total. The van der Waals surface area contributed by atoms with Gasteiger partial charge in [0.2, 0.25) is 0 Å². The molecule has 0 amide bonds. The first kappa shape index (κ1) is 14.3. The normalized spacial score (nSPS) is 10.1. The Labute approximate surface area is 123 Å². The zero-order valence-corrected chi connectivity index (χ0v) is 11.9. The molecule has 0 aliphatic heterocycles. The van der Waals surface area contributed by atoms with E-state index in [1.165, 1.54) is 0 Å². The van der Waals surface area contributed by atoms with Crippen molar-refractivity contribution in [3.05, 3.63) is 47.5 Å². The summed E-state index contributed by atoms with van der Waals surface area (Å²) in [5.74, 6) is 1.92. The van der Waals surface area contributed by atoms with Gasteiger partial charge in [-0.3, -0.25) is 0 Å². The van der Waals surface area contributed by atoms with E-state index in [0.29, 0.717) is 41.2 Å². The van der Waals surface area contributed by atoms with Crippen LogP contribution in [-0.4, -0.2) is 20.3 Å². The lowest BCUT2D eigenvalue weighted by atomic mass is 10.3. The molecule has 2 rings (SSSR count). The third kappa shape index (κ3) is 3.71. The second-order valence-corrected chi connectivity index (χ2v) is 4.47. The lowest BCUT2D eigenvalue weighted by Gasteiger charge is -2.12. The molecule has 106 valence electrons. The molecule has 0 fully saturated rings. The Hall–Kier alpha value is -2.07. The third-order valence-corrected chi connectivity index (χ3v) is 2.88. The van der Waals surface area contributed by atoms with E-state index in [1.807, 2.05) is 24.3 Å². The second kappa shape index (κ2) is 6.91. The molecule has 4 nitrogen and oxygen atoms in total. The van der Waals surface area contributed by atoms with E-state index in [0.717, 1.165) is 0 Å². The number of nitrogen functional groups attached to an aromatic ring is 1. The van der Waals surface area contributed by atoms with Crippen molar-refractivity contribution in [2.45, 2.75) is 0 Å². The molecule has 2 aromatic rings. The first-order chi connectivity index (χ1) is 9.70. The van der Waals surface area contributed by atoms with E-state index < -0.39 is 0 Å². The molecule has 0 saturated heterocycles. The van der Waals surface area contributed by atoms with Crippen molar-refractivity contribution >= 4 is 17.3 Å². The van der Waals surface area contributed by atoms with Crippen LogP contribution in [0.4, 0.5) is 5.69 Å². The summed E-state index contributed by atoms with van der Waals surface area (Å²) in [6, 6.07) is 12.5. The van der Waals surface area contributed by atoms with Crippen LogP contribution in [0, 0.1) is 0 Å². The quantitative estimate of drug-likeness (QED) is 0.655. The van der Waals surface area contributed by atoms with Crippen LogP contribution in [0.15, 0.2) is 42.5 Å². The highest BCUT2D eigenvalue weighted by molar-refractivity contribution is 6.30. The molecule has 0 radical (unpaired) electrons. The molecule has 0 bridgehead atoms. The number of benzene rings is 2. The summed E-state index contributed by atoms with van der Waals surface area (Å²) in [6.45, 7) is 0.745. The molecule has 0 spiro atoms. The number of nitrogens with two attached hydrogens (primary N) is 1. The van der Waals surface area contributed by atoms with Crippen molar-refractivity contribution < 1.29 is 14.2 Å². The van der Waals surface area contributed by atoms with Crippen molar-refractivity contribution in [3.63, 3.8) is 0 Å². The number of para-hydroxylation sites is 2. The van der Waals surface area contributed by atoms with Gasteiger partial charge in [0.1, 0.15) is 19.0 Å². The van der Waals surface area contributed by atoms with E-state index in [2.05, 4.69) is 0 Å². The fourth-order valence-corrected chi connectivity index (χ4v) is 1.84. The molecule has 0 atom stereocenters. The van der Waals surface area contributed by atoms with Gasteiger partial charge in [-0.2, -0.15) is 0 Å². The average Bonchev–Trinajstić information content (AvgIpc) is 2.47. The maximum Gasteiger partial charge on any atom is 0.161 e. The lowest BCUT2D eigenvalue weighted by Crippen LogP contribution is -2.10. The molecule has 0 aliphatic carbocycles. The molecular formula is C15H16ClNO3. The number of anilines is 1. The van der Waals surface area contributed by atoms with Gasteiger partial charge in [-0.1, -0.05) is 23.7 Å². The maximum absolute atomic E-state index is 5.88. The number of halogens is 1. The van der Waals surface area contributed by atoms with Crippen LogP contribution in [0.1, 0.15) is 0 Å². The van der Waals surface area contributed by atoms with Crippen LogP contribution in [0.5, 0.6) is 17.2 Å². The van der Waals surface area contributed by atoms with Crippen molar-refractivity contribution in [1.82, 2.24) is 0 Å². The fourth-order valence-electron chi connectivity index (χ4n) is 1.67. The van der Waals surface area contributed by atoms with E-state index in [1.54, 1.807) is 25.3 Å². The smallest absolute Gasteiger partial charge is 0.161 e. The topological polar surface area (TPSA) is 53.7 Å². The molecule has 0 saturated carbocycles. The van der Waals surface area contributed by atoms with Crippen molar-refractivity contribution in [1.29, 1.82) is 0 Å². The number of ether oxygens (including phenoxy) is 3. The Kier molecular flexibility index (Phi) is 4.96. The summed E-state index contributed by atoms with van der Waals surface area (Å²) in [7, 11) is 1.60. The largest absolute Gasteiger partial charge is 0.493 e. The van der Waals surface area contributed by atoms with Crippen LogP contribution in [-0.2, 0) is 0 Å². The van der Waals surface area contributed by atoms with Gasteiger partial charge in [-0.15, -0.1) is 0 Å². The Balaban J connectivity index is 1.86. The van der Waals surface area contributed by atoms with E-state index >= 15 is 0 Å². The van der Waals surface area contributed by atoms with Gasteiger partial charge in [0.05, 0.1) is 12.8 Å². The molecule has 0 unspecified atom stereocenters. The molecular weight excluding hydrogens is 278 g/mol. The fraction of sp³-hybridized carbons (Fsp3) is 0.200. The Morgan fingerprint density at radius 2 is 1.60 bits per heavy atom. The average molecular weight is 294 g/mol. The molecule has 0 heterocycles. The van der Waals surface area contributed by atoms with Crippen molar-refractivity contribution in [2.24, 2.45) is 0 Å². The maximum atomic E-state index is 5.88.